The lowest BCUT2D eigenvalue weighted by Gasteiger charge is -2.20. The van der Waals surface area contributed by atoms with E-state index in [1.54, 1.807) is 0 Å². The lowest BCUT2D eigenvalue weighted by Crippen LogP contribution is -2.36. The number of Topliss-reactive ketones (excluding diaryl/α,β-unsaturated/α-hetero) is 1. The first kappa shape index (κ1) is 14.9. The van der Waals surface area contributed by atoms with E-state index < -0.39 is 6.04 Å². The van der Waals surface area contributed by atoms with Crippen molar-refractivity contribution in [2.24, 2.45) is 11.7 Å². The fourth-order valence-electron chi connectivity index (χ4n) is 1.84. The van der Waals surface area contributed by atoms with Gasteiger partial charge < -0.3 is 5.73 Å². The summed E-state index contributed by atoms with van der Waals surface area (Å²) >= 11 is 0. The van der Waals surface area contributed by atoms with Crippen molar-refractivity contribution in [3.63, 3.8) is 0 Å². The molecule has 0 aromatic heterocycles. The molecule has 0 saturated heterocycles. The third kappa shape index (κ3) is 3.42. The largest absolute Gasteiger partial charge is 0.321 e. The number of hydrogen-bond donors (Lipinski definition) is 1. The molecule has 0 aliphatic carbocycles. The summed E-state index contributed by atoms with van der Waals surface area (Å²) in [6.45, 7) is 10.6. The molecular formula is C16H25NO. The van der Waals surface area contributed by atoms with Crippen LogP contribution in [-0.2, 0) is 5.41 Å². The van der Waals surface area contributed by atoms with Crippen LogP contribution in [0.15, 0.2) is 24.3 Å². The summed E-state index contributed by atoms with van der Waals surface area (Å²) in [4.78, 5) is 12.2. The van der Waals surface area contributed by atoms with Gasteiger partial charge in [-0.15, -0.1) is 0 Å². The maximum Gasteiger partial charge on any atom is 0.179 e. The van der Waals surface area contributed by atoms with Crippen LogP contribution in [-0.4, -0.2) is 11.8 Å². The minimum Gasteiger partial charge on any atom is -0.321 e. The van der Waals surface area contributed by atoms with E-state index in [9.17, 15) is 4.79 Å². The molecule has 1 aromatic rings. The highest BCUT2D eigenvalue weighted by Crippen LogP contribution is 2.22. The fraction of sp³-hybridized carbons (Fsp3) is 0.562. The zero-order chi connectivity index (χ0) is 13.9. The van der Waals surface area contributed by atoms with E-state index in [0.29, 0.717) is 0 Å². The van der Waals surface area contributed by atoms with E-state index in [4.69, 9.17) is 5.73 Å². The van der Waals surface area contributed by atoms with E-state index in [2.05, 4.69) is 27.7 Å². The Kier molecular flexibility index (Phi) is 4.69. The average molecular weight is 247 g/mol. The van der Waals surface area contributed by atoms with Crippen LogP contribution in [0, 0.1) is 5.92 Å². The number of hydrogen-bond acceptors (Lipinski definition) is 2. The van der Waals surface area contributed by atoms with Crippen molar-refractivity contribution in [3.05, 3.63) is 35.4 Å². The van der Waals surface area contributed by atoms with Crippen LogP contribution in [0.3, 0.4) is 0 Å². The molecule has 2 nitrogen and oxygen atoms in total. The lowest BCUT2D eigenvalue weighted by atomic mass is 9.85. The second-order valence-corrected chi connectivity index (χ2v) is 6.10. The number of carbonyl (C=O) groups excluding carboxylic acids is 1. The van der Waals surface area contributed by atoms with Crippen LogP contribution >= 0.6 is 0 Å². The molecule has 2 atom stereocenters. The average Bonchev–Trinajstić information content (AvgIpc) is 2.35. The fourth-order valence-corrected chi connectivity index (χ4v) is 1.84. The molecule has 0 heterocycles. The van der Waals surface area contributed by atoms with E-state index in [1.807, 2.05) is 31.2 Å². The van der Waals surface area contributed by atoms with E-state index in [-0.39, 0.29) is 17.1 Å². The zero-order valence-corrected chi connectivity index (χ0v) is 12.2. The van der Waals surface area contributed by atoms with Crippen LogP contribution in [0.5, 0.6) is 0 Å². The summed E-state index contributed by atoms with van der Waals surface area (Å²) in [6, 6.07) is 7.44. The van der Waals surface area contributed by atoms with Gasteiger partial charge in [0.25, 0.3) is 0 Å². The molecule has 18 heavy (non-hydrogen) atoms. The van der Waals surface area contributed by atoms with Crippen LogP contribution in [0.25, 0.3) is 0 Å². The molecule has 1 aromatic carbocycles. The summed E-state index contributed by atoms with van der Waals surface area (Å²) in [7, 11) is 0. The van der Waals surface area contributed by atoms with Gasteiger partial charge in [0, 0.05) is 5.56 Å². The zero-order valence-electron chi connectivity index (χ0n) is 12.2. The van der Waals surface area contributed by atoms with Crippen LogP contribution in [0.1, 0.15) is 57.0 Å². The van der Waals surface area contributed by atoms with Crippen LogP contribution < -0.4 is 5.73 Å². The molecule has 0 saturated carbocycles. The third-order valence-corrected chi connectivity index (χ3v) is 3.60. The van der Waals surface area contributed by atoms with Gasteiger partial charge in [0.1, 0.15) is 0 Å². The molecule has 0 spiro atoms. The Morgan fingerprint density at radius 3 is 2.11 bits per heavy atom. The van der Waals surface area contributed by atoms with Crippen LogP contribution in [0.4, 0.5) is 0 Å². The number of ketones is 1. The van der Waals surface area contributed by atoms with Gasteiger partial charge in [0.2, 0.25) is 0 Å². The second-order valence-electron chi connectivity index (χ2n) is 6.10. The highest BCUT2D eigenvalue weighted by Gasteiger charge is 2.21. The number of rotatable bonds is 4. The normalized spacial score (nSPS) is 15.2. The molecule has 0 fully saturated rings. The Bertz CT molecular complexity index is 400. The predicted molar refractivity (Wildman–Crippen MR) is 76.9 cm³/mol. The third-order valence-electron chi connectivity index (χ3n) is 3.60. The molecule has 0 bridgehead atoms. The van der Waals surface area contributed by atoms with E-state index >= 15 is 0 Å². The molecule has 2 heteroatoms. The SMILES string of the molecule is CCC(C)C(N)C(=O)c1ccc(C(C)(C)C)cc1. The first-order valence-electron chi connectivity index (χ1n) is 6.67. The van der Waals surface area contributed by atoms with Crippen molar-refractivity contribution in [2.45, 2.75) is 52.5 Å². The molecule has 2 unspecified atom stereocenters. The minimum atomic E-state index is -0.393. The minimum absolute atomic E-state index is 0.0461. The predicted octanol–water partition coefficient (Wildman–Crippen LogP) is 3.54. The molecule has 0 amide bonds. The van der Waals surface area contributed by atoms with Crippen molar-refractivity contribution in [3.8, 4) is 0 Å². The Morgan fingerprint density at radius 1 is 1.22 bits per heavy atom. The summed E-state index contributed by atoms with van der Waals surface area (Å²) < 4.78 is 0. The van der Waals surface area contributed by atoms with Crippen molar-refractivity contribution in [2.75, 3.05) is 0 Å². The van der Waals surface area contributed by atoms with Gasteiger partial charge in [-0.3, -0.25) is 4.79 Å². The Labute approximate surface area is 111 Å². The van der Waals surface area contributed by atoms with Crippen molar-refractivity contribution >= 4 is 5.78 Å². The quantitative estimate of drug-likeness (QED) is 0.827. The van der Waals surface area contributed by atoms with Gasteiger partial charge in [-0.05, 0) is 16.9 Å². The Balaban J connectivity index is 2.89. The molecule has 0 aliphatic heterocycles. The number of nitrogens with two attached hydrogens (primary N) is 1. The topological polar surface area (TPSA) is 43.1 Å². The van der Waals surface area contributed by atoms with Gasteiger partial charge >= 0.3 is 0 Å². The summed E-state index contributed by atoms with van der Waals surface area (Å²) in [5.41, 5.74) is 8.04. The van der Waals surface area contributed by atoms with Gasteiger partial charge in [-0.1, -0.05) is 65.3 Å². The Morgan fingerprint density at radius 2 is 1.72 bits per heavy atom. The highest BCUT2D eigenvalue weighted by molar-refractivity contribution is 6.00. The summed E-state index contributed by atoms with van der Waals surface area (Å²) in [5.74, 6) is 0.268. The Hall–Kier alpha value is -1.15. The van der Waals surface area contributed by atoms with Crippen molar-refractivity contribution < 1.29 is 4.79 Å². The monoisotopic (exact) mass is 247 g/mol. The highest BCUT2D eigenvalue weighted by atomic mass is 16.1. The van der Waals surface area contributed by atoms with Crippen molar-refractivity contribution in [1.82, 2.24) is 0 Å². The van der Waals surface area contributed by atoms with Crippen molar-refractivity contribution in [1.29, 1.82) is 0 Å². The first-order valence-corrected chi connectivity index (χ1v) is 6.67. The molecule has 0 radical (unpaired) electrons. The molecular weight excluding hydrogens is 222 g/mol. The summed E-state index contributed by atoms with van der Waals surface area (Å²) in [5, 5.41) is 0. The maximum atomic E-state index is 12.2. The summed E-state index contributed by atoms with van der Waals surface area (Å²) in [6.07, 6.45) is 0.924. The molecule has 0 aliphatic rings. The van der Waals surface area contributed by atoms with Gasteiger partial charge in [0.15, 0.2) is 5.78 Å². The molecule has 2 N–H and O–H groups in total. The lowest BCUT2D eigenvalue weighted by molar-refractivity contribution is 0.0935. The molecule has 100 valence electrons. The smallest absolute Gasteiger partial charge is 0.179 e. The van der Waals surface area contributed by atoms with Gasteiger partial charge in [-0.25, -0.2) is 0 Å². The second kappa shape index (κ2) is 5.66. The maximum absolute atomic E-state index is 12.2. The first-order chi connectivity index (χ1) is 8.27. The molecule has 1 rings (SSSR count). The van der Waals surface area contributed by atoms with Crippen LogP contribution in [0.2, 0.25) is 0 Å². The van der Waals surface area contributed by atoms with E-state index in [1.165, 1.54) is 5.56 Å². The van der Waals surface area contributed by atoms with E-state index in [0.717, 1.165) is 12.0 Å². The standard InChI is InChI=1S/C16H25NO/c1-6-11(2)14(17)15(18)12-7-9-13(10-8-12)16(3,4)5/h7-11,14H,6,17H2,1-5H3. The number of carbonyl (C=O) groups is 1. The van der Waals surface area contributed by atoms with Gasteiger partial charge in [0.05, 0.1) is 6.04 Å². The van der Waals surface area contributed by atoms with Gasteiger partial charge in [-0.2, -0.15) is 0 Å². The number of benzene rings is 1.